The number of piperidine rings is 1. The van der Waals surface area contributed by atoms with Gasteiger partial charge in [0.15, 0.2) is 0 Å². The number of benzene rings is 4. The highest BCUT2D eigenvalue weighted by molar-refractivity contribution is 7.97. The summed E-state index contributed by atoms with van der Waals surface area (Å²) in [5.41, 5.74) is 5.41. The zero-order valence-corrected chi connectivity index (χ0v) is 27.2. The van der Waals surface area contributed by atoms with Crippen LogP contribution in [0.1, 0.15) is 54.9 Å². The van der Waals surface area contributed by atoms with Gasteiger partial charge < -0.3 is 4.74 Å². The summed E-state index contributed by atoms with van der Waals surface area (Å²) in [7, 11) is 0. The van der Waals surface area contributed by atoms with Crippen molar-refractivity contribution >= 4 is 29.6 Å². The van der Waals surface area contributed by atoms with Crippen LogP contribution in [0.15, 0.2) is 107 Å². The minimum atomic E-state index is -4.72. The molecule has 2 aliphatic rings. The molecule has 1 N–H and O–H groups in total. The molecule has 6 nitrogen and oxygen atoms in total. The minimum absolute atomic E-state index is 0.0652. The predicted molar refractivity (Wildman–Crippen MR) is 178 cm³/mol. The lowest BCUT2D eigenvalue weighted by molar-refractivity contribution is -0.384. The van der Waals surface area contributed by atoms with Crippen LogP contribution in [0.2, 0.25) is 0 Å². The number of nitrogens with zero attached hydrogens (tertiary/aromatic N) is 2. The van der Waals surface area contributed by atoms with Gasteiger partial charge in [-0.25, -0.2) is 4.31 Å². The molecule has 46 heavy (non-hydrogen) atoms. The highest BCUT2D eigenvalue weighted by Gasteiger charge is 2.39. The van der Waals surface area contributed by atoms with Gasteiger partial charge in [0.1, 0.15) is 5.75 Å². The van der Waals surface area contributed by atoms with Crippen molar-refractivity contribution in [1.29, 1.82) is 0 Å². The van der Waals surface area contributed by atoms with Gasteiger partial charge in [-0.3, -0.25) is 14.8 Å². The van der Waals surface area contributed by atoms with Crippen molar-refractivity contribution in [3.8, 4) is 5.75 Å². The molecule has 0 aromatic heterocycles. The Balaban J connectivity index is 0.00000204. The lowest BCUT2D eigenvalue weighted by Crippen LogP contribution is -2.47. The molecule has 0 bridgehead atoms. The van der Waals surface area contributed by atoms with Crippen molar-refractivity contribution in [2.75, 3.05) is 6.54 Å². The number of aryl methyl sites for hydroxylation is 2. The molecule has 1 fully saturated rings. The van der Waals surface area contributed by atoms with Gasteiger partial charge >= 0.3 is 6.36 Å². The number of fused-ring (bicyclic) bond motifs is 2. The Morgan fingerprint density at radius 2 is 1.41 bits per heavy atom. The Morgan fingerprint density at radius 1 is 0.848 bits per heavy atom. The highest BCUT2D eigenvalue weighted by Crippen LogP contribution is 2.44. The third-order valence-corrected chi connectivity index (χ3v) is 10.2. The van der Waals surface area contributed by atoms with Gasteiger partial charge in [0.25, 0.3) is 5.69 Å². The maximum absolute atomic E-state index is 12.6. The minimum Gasteiger partial charge on any atom is -0.406 e. The summed E-state index contributed by atoms with van der Waals surface area (Å²) in [6, 6.07) is 30.2. The van der Waals surface area contributed by atoms with E-state index in [2.05, 4.69) is 62.3 Å². The van der Waals surface area contributed by atoms with E-state index in [4.69, 9.17) is 0 Å². The molecule has 1 heterocycles. The summed E-state index contributed by atoms with van der Waals surface area (Å²) < 4.78 is 47.8. The van der Waals surface area contributed by atoms with Crippen LogP contribution < -0.4 is 9.46 Å². The number of rotatable bonds is 8. The smallest absolute Gasteiger partial charge is 0.406 e. The maximum atomic E-state index is 12.6. The SMILES string of the molecule is CC.O=[N+]([O-])c1ccc(SN2CCC(NSc3ccc(OC(F)(F)F)cc3)CC2C2c3ccccc3CCc3ccccc32)cc1. The molecule has 4 aromatic rings. The molecule has 2 unspecified atom stereocenters. The fraction of sp³-hybridized carbons (Fsp3) is 0.314. The van der Waals surface area contributed by atoms with Gasteiger partial charge in [-0.05, 0) is 108 Å². The summed E-state index contributed by atoms with van der Waals surface area (Å²) in [6.07, 6.45) is -1.10. The van der Waals surface area contributed by atoms with Crippen molar-refractivity contribution in [2.24, 2.45) is 0 Å². The molecule has 2 atom stereocenters. The Hall–Kier alpha value is -3.51. The van der Waals surface area contributed by atoms with Crippen LogP contribution in [-0.4, -0.2) is 34.2 Å². The van der Waals surface area contributed by atoms with Crippen LogP contribution in [0.4, 0.5) is 18.9 Å². The first-order valence-electron chi connectivity index (χ1n) is 15.4. The van der Waals surface area contributed by atoms with Gasteiger partial charge in [-0.1, -0.05) is 62.4 Å². The van der Waals surface area contributed by atoms with Gasteiger partial charge in [0.2, 0.25) is 0 Å². The molecule has 1 aliphatic carbocycles. The third-order valence-electron chi connectivity index (χ3n) is 8.09. The number of hydrogen-bond donors (Lipinski definition) is 1. The molecule has 0 spiro atoms. The molecule has 0 amide bonds. The Kier molecular flexibility index (Phi) is 11.3. The Morgan fingerprint density at radius 3 is 1.98 bits per heavy atom. The molecule has 4 aromatic carbocycles. The number of alkyl halides is 3. The molecule has 1 aliphatic heterocycles. The molecule has 6 rings (SSSR count). The van der Waals surface area contributed by atoms with E-state index in [0.717, 1.165) is 42.0 Å². The van der Waals surface area contributed by atoms with Gasteiger partial charge in [0, 0.05) is 46.5 Å². The Bertz CT molecular complexity index is 1560. The number of nitro groups is 1. The van der Waals surface area contributed by atoms with E-state index in [1.807, 2.05) is 13.8 Å². The number of nitro benzene ring substituents is 1. The molecule has 1 saturated heterocycles. The zero-order chi connectivity index (χ0) is 32.7. The number of ether oxygens (including phenoxy) is 1. The quantitative estimate of drug-likeness (QED) is 0.114. The second-order valence-electron chi connectivity index (χ2n) is 10.9. The first-order chi connectivity index (χ1) is 22.2. The number of hydrogen-bond acceptors (Lipinski definition) is 7. The number of nitrogens with one attached hydrogen (secondary N) is 1. The summed E-state index contributed by atoms with van der Waals surface area (Å²) in [5, 5.41) is 11.2. The van der Waals surface area contributed by atoms with Gasteiger partial charge in [-0.2, -0.15) is 0 Å². The van der Waals surface area contributed by atoms with Crippen LogP contribution in [-0.2, 0) is 12.8 Å². The number of non-ortho nitro benzene ring substituents is 1. The van der Waals surface area contributed by atoms with Crippen molar-refractivity contribution in [2.45, 2.75) is 73.7 Å². The van der Waals surface area contributed by atoms with E-state index >= 15 is 0 Å². The van der Waals surface area contributed by atoms with E-state index in [0.29, 0.717) is 0 Å². The second-order valence-corrected chi connectivity index (χ2v) is 12.9. The molecule has 0 radical (unpaired) electrons. The lowest BCUT2D eigenvalue weighted by atomic mass is 9.78. The van der Waals surface area contributed by atoms with Crippen molar-refractivity contribution in [3.05, 3.63) is 129 Å². The van der Waals surface area contributed by atoms with Crippen molar-refractivity contribution in [1.82, 2.24) is 9.03 Å². The fourth-order valence-electron chi connectivity index (χ4n) is 6.11. The monoisotopic (exact) mass is 667 g/mol. The third kappa shape index (κ3) is 8.44. The summed E-state index contributed by atoms with van der Waals surface area (Å²) >= 11 is 3.05. The second kappa shape index (κ2) is 15.4. The van der Waals surface area contributed by atoms with Crippen LogP contribution in [0.5, 0.6) is 5.75 Å². The standard InChI is InChI=1S/C33H30F3N3O3S2.C2H6/c34-33(35,36)42-26-13-17-27(18-14-26)43-37-24-19-20-38(44-28-15-11-25(12-16-28)39(40)41)31(21-24)32-29-7-3-1-5-22(29)9-10-23-6-2-4-8-30(23)32;1-2/h1-8,11-18,24,31-32,37H,9-10,19-21H2;1-2H3. The highest BCUT2D eigenvalue weighted by atomic mass is 32.2. The van der Waals surface area contributed by atoms with E-state index < -0.39 is 6.36 Å². The molecule has 242 valence electrons. The van der Waals surface area contributed by atoms with Crippen LogP contribution in [0.25, 0.3) is 0 Å². The topological polar surface area (TPSA) is 67.6 Å². The molecule has 11 heteroatoms. The Labute approximate surface area is 276 Å². The normalized spacial score (nSPS) is 18.4. The molecular formula is C35H36F3N3O3S2. The van der Waals surface area contributed by atoms with Crippen LogP contribution >= 0.6 is 23.9 Å². The molecule has 0 saturated carbocycles. The average molecular weight is 668 g/mol. The zero-order valence-electron chi connectivity index (χ0n) is 25.6. The van der Waals surface area contributed by atoms with E-state index in [1.54, 1.807) is 48.3 Å². The predicted octanol–water partition coefficient (Wildman–Crippen LogP) is 9.59. The van der Waals surface area contributed by atoms with Crippen molar-refractivity contribution in [3.63, 3.8) is 0 Å². The average Bonchev–Trinajstić information content (AvgIpc) is 3.22. The summed E-state index contributed by atoms with van der Waals surface area (Å²) in [5.74, 6) is -0.131. The first-order valence-corrected chi connectivity index (χ1v) is 17.0. The maximum Gasteiger partial charge on any atom is 0.573 e. The van der Waals surface area contributed by atoms with Gasteiger partial charge in [-0.15, -0.1) is 13.2 Å². The van der Waals surface area contributed by atoms with E-state index in [1.165, 1.54) is 46.3 Å². The fourth-order valence-corrected chi connectivity index (χ4v) is 7.96. The van der Waals surface area contributed by atoms with Gasteiger partial charge in [0.05, 0.1) is 4.92 Å². The van der Waals surface area contributed by atoms with E-state index in [-0.39, 0.29) is 34.4 Å². The first kappa shape index (κ1) is 33.8. The van der Waals surface area contributed by atoms with E-state index in [9.17, 15) is 23.3 Å². The largest absolute Gasteiger partial charge is 0.573 e. The lowest BCUT2D eigenvalue weighted by Gasteiger charge is -2.43. The van der Waals surface area contributed by atoms with Crippen LogP contribution in [0, 0.1) is 10.1 Å². The van der Waals surface area contributed by atoms with Crippen LogP contribution in [0.3, 0.4) is 0 Å². The molecular weight excluding hydrogens is 632 g/mol. The number of halogens is 3. The summed E-state index contributed by atoms with van der Waals surface area (Å²) in [6.45, 7) is 4.78. The summed E-state index contributed by atoms with van der Waals surface area (Å²) in [4.78, 5) is 12.6. The van der Waals surface area contributed by atoms with Crippen molar-refractivity contribution < 1.29 is 22.8 Å².